The van der Waals surface area contributed by atoms with E-state index in [1.807, 2.05) is 11.6 Å². The Bertz CT molecular complexity index is 89.8. The molecule has 0 aromatic carbocycles. The number of hydrazine groups is 2. The van der Waals surface area contributed by atoms with Crippen LogP contribution >= 0.6 is 23.9 Å². The summed E-state index contributed by atoms with van der Waals surface area (Å²) in [4.78, 5) is 5.67. The highest BCUT2D eigenvalue weighted by molar-refractivity contribution is 8.00. The van der Waals surface area contributed by atoms with Crippen molar-refractivity contribution >= 4 is 23.9 Å². The summed E-state index contributed by atoms with van der Waals surface area (Å²) in [6, 6.07) is 0. The van der Waals surface area contributed by atoms with Crippen LogP contribution in [0.4, 0.5) is 0 Å². The first-order valence-electron chi connectivity index (χ1n) is 2.91. The van der Waals surface area contributed by atoms with Gasteiger partial charge in [0.25, 0.3) is 0 Å². The molecule has 2 aliphatic rings. The molecular formula is C4H10N4S2. The third kappa shape index (κ3) is 4.02. The summed E-state index contributed by atoms with van der Waals surface area (Å²) in [6.07, 6.45) is 1.84. The molecule has 10 heavy (non-hydrogen) atoms. The quantitative estimate of drug-likeness (QED) is 0.390. The van der Waals surface area contributed by atoms with Gasteiger partial charge in [0.05, 0.1) is 0 Å². The molecule has 2 aliphatic heterocycles. The number of rotatable bonds is 0. The molecule has 0 atom stereocenters. The average molecular weight is 178 g/mol. The first-order valence-corrected chi connectivity index (χ1v) is 4.77. The van der Waals surface area contributed by atoms with Gasteiger partial charge in [0.1, 0.15) is 0 Å². The molecule has 0 radical (unpaired) electrons. The molecule has 0 bridgehead atoms. The fourth-order valence-electron chi connectivity index (χ4n) is 0.425. The molecule has 2 rings (SSSR count). The largest absolute Gasteiger partial charge is 0.318 e. The predicted octanol–water partition coefficient (Wildman–Crippen LogP) is -0.0440. The maximum Gasteiger partial charge on any atom is 0.0231 e. The average Bonchev–Trinajstić information content (AvgIpc) is 2.67. The highest BCUT2D eigenvalue weighted by atomic mass is 32.2. The van der Waals surface area contributed by atoms with E-state index in [1.165, 1.54) is 17.7 Å². The van der Waals surface area contributed by atoms with Gasteiger partial charge in [-0.1, -0.05) is 11.9 Å². The van der Waals surface area contributed by atoms with Gasteiger partial charge in [0.15, 0.2) is 0 Å². The van der Waals surface area contributed by atoms with Gasteiger partial charge in [0.2, 0.25) is 0 Å². The van der Waals surface area contributed by atoms with Gasteiger partial charge in [0, 0.05) is 23.9 Å². The lowest BCUT2D eigenvalue weighted by Gasteiger charge is -1.81. The standard InChI is InChI=1S/C2H6N2S.C2H4N2S/c2*1-2-5-4-3-1/h3-4H,1-2H2;1-4H. The van der Waals surface area contributed by atoms with E-state index in [2.05, 4.69) is 20.5 Å². The molecular weight excluding hydrogens is 168 g/mol. The van der Waals surface area contributed by atoms with Crippen LogP contribution in [-0.4, -0.2) is 12.3 Å². The molecule has 6 heteroatoms. The van der Waals surface area contributed by atoms with Crippen LogP contribution < -0.4 is 20.5 Å². The second-order valence-electron chi connectivity index (χ2n) is 1.54. The van der Waals surface area contributed by atoms with Crippen molar-refractivity contribution in [3.05, 3.63) is 11.6 Å². The van der Waals surface area contributed by atoms with Crippen LogP contribution in [-0.2, 0) is 0 Å². The Morgan fingerprint density at radius 2 is 2.30 bits per heavy atom. The molecule has 0 saturated carbocycles. The summed E-state index contributed by atoms with van der Waals surface area (Å²) in [5, 5.41) is 1.93. The van der Waals surface area contributed by atoms with Crippen molar-refractivity contribution < 1.29 is 0 Å². The molecule has 4 N–H and O–H groups in total. The summed E-state index contributed by atoms with van der Waals surface area (Å²) in [5.74, 6) is 1.19. The lowest BCUT2D eigenvalue weighted by atomic mass is 10.8. The van der Waals surface area contributed by atoms with Crippen molar-refractivity contribution in [2.45, 2.75) is 0 Å². The van der Waals surface area contributed by atoms with E-state index in [4.69, 9.17) is 0 Å². The molecule has 0 unspecified atom stereocenters. The topological polar surface area (TPSA) is 48.1 Å². The van der Waals surface area contributed by atoms with Crippen LogP contribution in [0.1, 0.15) is 0 Å². The van der Waals surface area contributed by atoms with Crippen molar-refractivity contribution in [1.29, 1.82) is 0 Å². The van der Waals surface area contributed by atoms with Crippen LogP contribution in [0.15, 0.2) is 11.6 Å². The van der Waals surface area contributed by atoms with Gasteiger partial charge in [-0.2, -0.15) is 4.83 Å². The minimum Gasteiger partial charge on any atom is -0.318 e. The van der Waals surface area contributed by atoms with Gasteiger partial charge in [-0.15, -0.1) is 0 Å². The first kappa shape index (κ1) is 8.22. The second kappa shape index (κ2) is 5.87. The number of hydrogen-bond acceptors (Lipinski definition) is 6. The van der Waals surface area contributed by atoms with Crippen LogP contribution in [0.2, 0.25) is 0 Å². The highest BCUT2D eigenvalue weighted by Crippen LogP contribution is 1.94. The maximum absolute atomic E-state index is 2.94. The molecule has 0 amide bonds. The molecule has 1 saturated heterocycles. The number of hydrogen-bond donors (Lipinski definition) is 4. The first-order chi connectivity index (χ1) is 5.00. The monoisotopic (exact) mass is 178 g/mol. The van der Waals surface area contributed by atoms with E-state index >= 15 is 0 Å². The van der Waals surface area contributed by atoms with Gasteiger partial charge >= 0.3 is 0 Å². The molecule has 1 fully saturated rings. The van der Waals surface area contributed by atoms with Gasteiger partial charge in [-0.3, -0.25) is 0 Å². The van der Waals surface area contributed by atoms with E-state index in [0.29, 0.717) is 0 Å². The molecule has 0 aliphatic carbocycles. The lowest BCUT2D eigenvalue weighted by molar-refractivity contribution is 0.765. The summed E-state index contributed by atoms with van der Waals surface area (Å²) in [5.41, 5.74) is 5.69. The molecule has 0 spiro atoms. The Morgan fingerprint density at radius 3 is 2.50 bits per heavy atom. The van der Waals surface area contributed by atoms with E-state index in [1.54, 1.807) is 11.9 Å². The maximum atomic E-state index is 2.94. The molecule has 2 heterocycles. The molecule has 0 aromatic rings. The molecule has 4 nitrogen and oxygen atoms in total. The van der Waals surface area contributed by atoms with E-state index < -0.39 is 0 Å². The van der Waals surface area contributed by atoms with Gasteiger partial charge < -0.3 is 5.43 Å². The molecule has 0 aromatic heterocycles. The zero-order valence-electron chi connectivity index (χ0n) is 5.39. The Hall–Kier alpha value is 0.120. The normalized spacial score (nSPS) is 21.6. The van der Waals surface area contributed by atoms with Crippen molar-refractivity contribution in [2.75, 3.05) is 12.3 Å². The summed E-state index contributed by atoms with van der Waals surface area (Å²) >= 11 is 3.25. The highest BCUT2D eigenvalue weighted by Gasteiger charge is 1.92. The fraction of sp³-hybridized carbons (Fsp3) is 0.500. The summed E-state index contributed by atoms with van der Waals surface area (Å²) in [7, 11) is 0. The third-order valence-corrected chi connectivity index (χ3v) is 2.02. The minimum absolute atomic E-state index is 1.10. The zero-order valence-corrected chi connectivity index (χ0v) is 7.02. The van der Waals surface area contributed by atoms with E-state index in [-0.39, 0.29) is 0 Å². The van der Waals surface area contributed by atoms with Crippen LogP contribution in [0.5, 0.6) is 0 Å². The minimum atomic E-state index is 1.10. The Balaban J connectivity index is 0.0000001000. The fourth-order valence-corrected chi connectivity index (χ4v) is 1.28. The second-order valence-corrected chi connectivity index (χ2v) is 3.16. The Morgan fingerprint density at radius 1 is 1.30 bits per heavy atom. The molecule has 58 valence electrons. The van der Waals surface area contributed by atoms with E-state index in [0.717, 1.165) is 6.54 Å². The Labute approximate surface area is 68.8 Å². The van der Waals surface area contributed by atoms with Crippen molar-refractivity contribution in [3.63, 3.8) is 0 Å². The summed E-state index contributed by atoms with van der Waals surface area (Å²) in [6.45, 7) is 1.10. The zero-order chi connectivity index (χ0) is 7.07. The van der Waals surface area contributed by atoms with Crippen LogP contribution in [0.25, 0.3) is 0 Å². The van der Waals surface area contributed by atoms with Crippen LogP contribution in [0.3, 0.4) is 0 Å². The lowest BCUT2D eigenvalue weighted by Crippen LogP contribution is -2.16. The summed E-state index contributed by atoms with van der Waals surface area (Å²) < 4.78 is 0. The smallest absolute Gasteiger partial charge is 0.0231 e. The van der Waals surface area contributed by atoms with Crippen molar-refractivity contribution in [1.82, 2.24) is 20.5 Å². The van der Waals surface area contributed by atoms with Gasteiger partial charge in [-0.25, -0.2) is 10.3 Å². The van der Waals surface area contributed by atoms with E-state index in [9.17, 15) is 0 Å². The van der Waals surface area contributed by atoms with Gasteiger partial charge in [-0.05, 0) is 11.9 Å². The number of nitrogens with one attached hydrogen (secondary N) is 4. The Kier molecular flexibility index (Phi) is 4.83. The SMILES string of the molecule is C1=CSNN1.C1CSNN1. The predicted molar refractivity (Wildman–Crippen MR) is 46.6 cm³/mol. The van der Waals surface area contributed by atoms with Crippen molar-refractivity contribution in [2.24, 2.45) is 0 Å². The third-order valence-electron chi connectivity index (χ3n) is 0.811. The van der Waals surface area contributed by atoms with Crippen LogP contribution in [0, 0.1) is 0 Å². The van der Waals surface area contributed by atoms with Crippen molar-refractivity contribution in [3.8, 4) is 0 Å².